The van der Waals surface area contributed by atoms with E-state index in [1.165, 1.54) is 12.8 Å². The molecule has 1 aromatic heterocycles. The molecule has 0 saturated heterocycles. The number of nitrogens with one attached hydrogen (secondary N) is 2. The van der Waals surface area contributed by atoms with Gasteiger partial charge in [0.2, 0.25) is 0 Å². The quantitative estimate of drug-likeness (QED) is 0.845. The van der Waals surface area contributed by atoms with Gasteiger partial charge in [-0.3, -0.25) is 4.79 Å². The van der Waals surface area contributed by atoms with Gasteiger partial charge in [-0.25, -0.2) is 0 Å². The lowest BCUT2D eigenvalue weighted by Crippen LogP contribution is -2.34. The molecule has 2 aromatic rings. The second-order valence-electron chi connectivity index (χ2n) is 5.50. The van der Waals surface area contributed by atoms with Crippen molar-refractivity contribution in [3.63, 3.8) is 0 Å². The lowest BCUT2D eigenvalue weighted by Gasteiger charge is -2.17. The number of hydrogen-bond donors (Lipinski definition) is 2. The Hall–Kier alpha value is -1.77. The van der Waals surface area contributed by atoms with Gasteiger partial charge in [0, 0.05) is 28.7 Å². The van der Waals surface area contributed by atoms with E-state index < -0.39 is 0 Å². The normalized spacial score (nSPS) is 16.5. The number of benzene rings is 1. The first-order chi connectivity index (χ1) is 9.28. The van der Waals surface area contributed by atoms with Crippen LogP contribution in [0.25, 0.3) is 10.9 Å². The Balaban J connectivity index is 1.76. The van der Waals surface area contributed by atoms with Crippen LogP contribution < -0.4 is 5.32 Å². The summed E-state index contributed by atoms with van der Waals surface area (Å²) in [5, 5.41) is 4.18. The average Bonchev–Trinajstić information content (AvgIpc) is 3.10. The number of amides is 1. The lowest BCUT2D eigenvalue weighted by molar-refractivity contribution is 0.0934. The number of fused-ring (bicyclic) bond motifs is 1. The van der Waals surface area contributed by atoms with E-state index in [0.717, 1.165) is 35.2 Å². The monoisotopic (exact) mass is 256 g/mol. The number of carbonyl (C=O) groups excluding carboxylic acids is 1. The summed E-state index contributed by atoms with van der Waals surface area (Å²) >= 11 is 0. The van der Waals surface area contributed by atoms with Gasteiger partial charge in [-0.1, -0.05) is 25.8 Å². The van der Waals surface area contributed by atoms with E-state index in [4.69, 9.17) is 0 Å². The Morgan fingerprint density at radius 2 is 2.26 bits per heavy atom. The van der Waals surface area contributed by atoms with Gasteiger partial charge in [-0.05, 0) is 37.0 Å². The summed E-state index contributed by atoms with van der Waals surface area (Å²) < 4.78 is 0. The minimum absolute atomic E-state index is 0.0534. The maximum Gasteiger partial charge on any atom is 0.252 e. The van der Waals surface area contributed by atoms with Gasteiger partial charge in [0.25, 0.3) is 5.91 Å². The predicted octanol–water partition coefficient (Wildman–Crippen LogP) is 3.48. The molecule has 2 N–H and O–H groups in total. The topological polar surface area (TPSA) is 44.9 Å². The second-order valence-corrected chi connectivity index (χ2v) is 5.50. The molecule has 1 fully saturated rings. The number of hydrogen-bond acceptors (Lipinski definition) is 1. The van der Waals surface area contributed by atoms with Crippen molar-refractivity contribution < 1.29 is 4.79 Å². The highest BCUT2D eigenvalue weighted by Crippen LogP contribution is 2.34. The van der Waals surface area contributed by atoms with E-state index in [2.05, 4.69) is 17.2 Å². The molecular formula is C16H20N2O. The fourth-order valence-corrected chi connectivity index (χ4v) is 2.63. The molecule has 1 saturated carbocycles. The maximum atomic E-state index is 12.4. The molecule has 19 heavy (non-hydrogen) atoms. The van der Waals surface area contributed by atoms with Crippen molar-refractivity contribution in [2.24, 2.45) is 5.92 Å². The van der Waals surface area contributed by atoms with Crippen LogP contribution in [0.15, 0.2) is 30.5 Å². The first-order valence-corrected chi connectivity index (χ1v) is 7.15. The van der Waals surface area contributed by atoms with Crippen molar-refractivity contribution in [3.8, 4) is 0 Å². The summed E-state index contributed by atoms with van der Waals surface area (Å²) in [6, 6.07) is 8.10. The van der Waals surface area contributed by atoms with Crippen molar-refractivity contribution in [3.05, 3.63) is 36.0 Å². The summed E-state index contributed by atoms with van der Waals surface area (Å²) in [5.74, 6) is 0.894. The molecule has 1 aliphatic rings. The van der Waals surface area contributed by atoms with Crippen LogP contribution in [0.3, 0.4) is 0 Å². The first kappa shape index (κ1) is 12.3. The number of aromatic amines is 1. The van der Waals surface area contributed by atoms with E-state index in [1.807, 2.05) is 30.5 Å². The van der Waals surface area contributed by atoms with Crippen LogP contribution in [0.4, 0.5) is 0 Å². The molecule has 0 aliphatic heterocycles. The van der Waals surface area contributed by atoms with Crippen molar-refractivity contribution in [1.29, 1.82) is 0 Å². The van der Waals surface area contributed by atoms with Gasteiger partial charge in [0.05, 0.1) is 0 Å². The summed E-state index contributed by atoms with van der Waals surface area (Å²) in [5.41, 5.74) is 1.79. The Morgan fingerprint density at radius 1 is 1.42 bits per heavy atom. The third-order valence-electron chi connectivity index (χ3n) is 3.98. The molecule has 0 bridgehead atoms. The van der Waals surface area contributed by atoms with Crippen LogP contribution in [0, 0.1) is 5.92 Å². The van der Waals surface area contributed by atoms with Gasteiger partial charge in [-0.2, -0.15) is 0 Å². The summed E-state index contributed by atoms with van der Waals surface area (Å²) in [6.07, 6.45) is 6.68. The van der Waals surface area contributed by atoms with Gasteiger partial charge in [0.15, 0.2) is 0 Å². The first-order valence-electron chi connectivity index (χ1n) is 7.15. The van der Waals surface area contributed by atoms with Crippen LogP contribution >= 0.6 is 0 Å². The van der Waals surface area contributed by atoms with E-state index in [-0.39, 0.29) is 5.91 Å². The molecule has 1 heterocycles. The van der Waals surface area contributed by atoms with Crippen molar-refractivity contribution in [2.45, 2.75) is 38.6 Å². The Kier molecular flexibility index (Phi) is 3.28. The molecule has 1 aliphatic carbocycles. The Bertz CT molecular complexity index is 583. The summed E-state index contributed by atoms with van der Waals surface area (Å²) in [7, 11) is 0. The standard InChI is InChI=1S/C16H20N2O/c1-2-12(10-11-6-7-11)18-16(19)14-4-3-5-15-13(14)8-9-17-15/h3-5,8-9,11-12,17H,2,6-7,10H2,1H3,(H,18,19). The zero-order valence-corrected chi connectivity index (χ0v) is 11.3. The molecule has 3 heteroatoms. The number of rotatable bonds is 5. The number of aromatic nitrogens is 1. The van der Waals surface area contributed by atoms with Crippen LogP contribution in [0.2, 0.25) is 0 Å². The lowest BCUT2D eigenvalue weighted by atomic mass is 10.1. The summed E-state index contributed by atoms with van der Waals surface area (Å²) in [6.45, 7) is 2.14. The van der Waals surface area contributed by atoms with E-state index in [0.29, 0.717) is 6.04 Å². The third-order valence-corrected chi connectivity index (χ3v) is 3.98. The van der Waals surface area contributed by atoms with Crippen molar-refractivity contribution >= 4 is 16.8 Å². The Labute approximate surface area is 113 Å². The number of H-pyrrole nitrogens is 1. The van der Waals surface area contributed by atoms with Crippen LogP contribution in [0.1, 0.15) is 43.0 Å². The van der Waals surface area contributed by atoms with Crippen molar-refractivity contribution in [1.82, 2.24) is 10.3 Å². The maximum absolute atomic E-state index is 12.4. The van der Waals surface area contributed by atoms with Crippen LogP contribution in [-0.4, -0.2) is 16.9 Å². The van der Waals surface area contributed by atoms with E-state index >= 15 is 0 Å². The van der Waals surface area contributed by atoms with Crippen LogP contribution in [0.5, 0.6) is 0 Å². The zero-order chi connectivity index (χ0) is 13.2. The molecule has 0 radical (unpaired) electrons. The highest BCUT2D eigenvalue weighted by molar-refractivity contribution is 6.06. The smallest absolute Gasteiger partial charge is 0.252 e. The molecule has 0 spiro atoms. The fraction of sp³-hybridized carbons (Fsp3) is 0.438. The highest BCUT2D eigenvalue weighted by atomic mass is 16.1. The van der Waals surface area contributed by atoms with Gasteiger partial charge in [-0.15, -0.1) is 0 Å². The average molecular weight is 256 g/mol. The molecule has 1 unspecified atom stereocenters. The minimum Gasteiger partial charge on any atom is -0.361 e. The second kappa shape index (κ2) is 5.08. The molecule has 1 amide bonds. The van der Waals surface area contributed by atoms with E-state index in [9.17, 15) is 4.79 Å². The van der Waals surface area contributed by atoms with Gasteiger partial charge >= 0.3 is 0 Å². The largest absolute Gasteiger partial charge is 0.361 e. The van der Waals surface area contributed by atoms with Crippen molar-refractivity contribution in [2.75, 3.05) is 0 Å². The molecule has 100 valence electrons. The van der Waals surface area contributed by atoms with Gasteiger partial charge in [0.1, 0.15) is 0 Å². The SMILES string of the molecule is CCC(CC1CC1)NC(=O)c1cccc2[nH]ccc12. The van der Waals surface area contributed by atoms with Gasteiger partial charge < -0.3 is 10.3 Å². The number of carbonyl (C=O) groups is 1. The molecular weight excluding hydrogens is 236 g/mol. The summed E-state index contributed by atoms with van der Waals surface area (Å²) in [4.78, 5) is 15.5. The van der Waals surface area contributed by atoms with E-state index in [1.54, 1.807) is 0 Å². The highest BCUT2D eigenvalue weighted by Gasteiger charge is 2.25. The van der Waals surface area contributed by atoms with Crippen LogP contribution in [-0.2, 0) is 0 Å². The molecule has 3 nitrogen and oxygen atoms in total. The Morgan fingerprint density at radius 3 is 3.00 bits per heavy atom. The fourth-order valence-electron chi connectivity index (χ4n) is 2.63. The zero-order valence-electron chi connectivity index (χ0n) is 11.3. The molecule has 1 aromatic carbocycles. The molecule has 1 atom stereocenters. The minimum atomic E-state index is 0.0534. The third kappa shape index (κ3) is 2.65. The predicted molar refractivity (Wildman–Crippen MR) is 77.2 cm³/mol. The molecule has 3 rings (SSSR count).